The third-order valence-corrected chi connectivity index (χ3v) is 6.79. The van der Waals surface area contributed by atoms with Crippen molar-refractivity contribution in [2.45, 2.75) is 18.9 Å². The number of nitrogens with one attached hydrogen (secondary N) is 1. The van der Waals surface area contributed by atoms with Crippen LogP contribution in [0.5, 0.6) is 11.5 Å². The number of nitrogens with zero attached hydrogens (tertiary/aromatic N) is 2. The second-order valence-corrected chi connectivity index (χ2v) is 8.35. The van der Waals surface area contributed by atoms with Crippen LogP contribution < -0.4 is 14.4 Å². The molecule has 1 unspecified atom stereocenters. The van der Waals surface area contributed by atoms with Gasteiger partial charge in [-0.05, 0) is 29.5 Å². The maximum absolute atomic E-state index is 13.0. The van der Waals surface area contributed by atoms with Gasteiger partial charge in [0.2, 0.25) is 5.91 Å². The SMILES string of the molecule is COc1ccc([C@H]2CC(=O)N3C[NH+](Cc4ccccc4)CSC3=C2C#N)cc1OC. The Balaban J connectivity index is 1.61. The molecule has 0 aliphatic carbocycles. The predicted molar refractivity (Wildman–Crippen MR) is 115 cm³/mol. The van der Waals surface area contributed by atoms with Crippen LogP contribution in [-0.2, 0) is 11.3 Å². The highest BCUT2D eigenvalue weighted by molar-refractivity contribution is 8.02. The van der Waals surface area contributed by atoms with Gasteiger partial charge in [0, 0.05) is 17.9 Å². The Bertz CT molecular complexity index is 1020. The predicted octanol–water partition coefficient (Wildman–Crippen LogP) is 2.50. The first-order valence-electron chi connectivity index (χ1n) is 9.81. The van der Waals surface area contributed by atoms with Gasteiger partial charge in [0.05, 0.1) is 25.9 Å². The minimum Gasteiger partial charge on any atom is -0.493 e. The van der Waals surface area contributed by atoms with Crippen LogP contribution in [0, 0.1) is 11.3 Å². The van der Waals surface area contributed by atoms with E-state index in [9.17, 15) is 10.1 Å². The zero-order valence-corrected chi connectivity index (χ0v) is 17.9. The van der Waals surface area contributed by atoms with E-state index in [1.807, 2.05) is 36.4 Å². The van der Waals surface area contributed by atoms with E-state index in [4.69, 9.17) is 9.47 Å². The summed E-state index contributed by atoms with van der Waals surface area (Å²) in [6, 6.07) is 18.3. The number of nitriles is 1. The number of carbonyl (C=O) groups excluding carboxylic acids is 1. The van der Waals surface area contributed by atoms with Crippen molar-refractivity contribution in [3.8, 4) is 17.6 Å². The minimum atomic E-state index is -0.267. The number of benzene rings is 2. The molecular formula is C23H24N3O3S+. The van der Waals surface area contributed by atoms with Gasteiger partial charge in [-0.15, -0.1) is 0 Å². The average molecular weight is 423 g/mol. The first-order chi connectivity index (χ1) is 14.6. The van der Waals surface area contributed by atoms with E-state index in [0.29, 0.717) is 23.7 Å². The van der Waals surface area contributed by atoms with Crippen molar-refractivity contribution in [1.29, 1.82) is 5.26 Å². The van der Waals surface area contributed by atoms with Gasteiger partial charge < -0.3 is 14.4 Å². The summed E-state index contributed by atoms with van der Waals surface area (Å²) >= 11 is 1.60. The Labute approximate surface area is 180 Å². The van der Waals surface area contributed by atoms with Gasteiger partial charge in [0.1, 0.15) is 17.5 Å². The molecule has 4 rings (SSSR count). The highest BCUT2D eigenvalue weighted by Crippen LogP contribution is 2.42. The van der Waals surface area contributed by atoms with E-state index in [1.54, 1.807) is 30.9 Å². The Hall–Kier alpha value is -2.95. The number of hydrogen-bond acceptors (Lipinski definition) is 5. The number of hydrogen-bond donors (Lipinski definition) is 1. The second kappa shape index (κ2) is 8.82. The highest BCUT2D eigenvalue weighted by atomic mass is 32.2. The number of methoxy groups -OCH3 is 2. The number of quaternary nitrogens is 1. The molecule has 2 heterocycles. The third-order valence-electron chi connectivity index (χ3n) is 5.53. The zero-order valence-electron chi connectivity index (χ0n) is 17.1. The van der Waals surface area contributed by atoms with Crippen LogP contribution in [0.3, 0.4) is 0 Å². The smallest absolute Gasteiger partial charge is 0.232 e. The van der Waals surface area contributed by atoms with Crippen molar-refractivity contribution in [2.75, 3.05) is 26.8 Å². The van der Waals surface area contributed by atoms with Crippen molar-refractivity contribution >= 4 is 17.7 Å². The molecule has 2 aliphatic rings. The molecule has 6 nitrogen and oxygen atoms in total. The molecule has 2 aliphatic heterocycles. The van der Waals surface area contributed by atoms with Gasteiger partial charge in [0.15, 0.2) is 18.2 Å². The lowest BCUT2D eigenvalue weighted by Gasteiger charge is -2.39. The largest absolute Gasteiger partial charge is 0.493 e. The molecule has 2 aromatic rings. The zero-order chi connectivity index (χ0) is 21.1. The summed E-state index contributed by atoms with van der Waals surface area (Å²) in [6.07, 6.45) is 0.279. The van der Waals surface area contributed by atoms with Gasteiger partial charge >= 0.3 is 0 Å². The summed E-state index contributed by atoms with van der Waals surface area (Å²) < 4.78 is 10.7. The molecule has 154 valence electrons. The standard InChI is InChI=1S/C23H23N3O3S/c1-28-20-9-8-17(10-21(20)29-2)18-11-22(27)26-14-25(13-16-6-4-3-5-7-16)15-30-23(26)19(18)12-24/h3-10,18H,11,13-15H2,1-2H3/p+1/t18-/m1/s1. The van der Waals surface area contributed by atoms with Crippen molar-refractivity contribution in [3.63, 3.8) is 0 Å². The van der Waals surface area contributed by atoms with Gasteiger partial charge in [-0.2, -0.15) is 5.26 Å². The molecule has 1 amide bonds. The van der Waals surface area contributed by atoms with Gasteiger partial charge in [-0.3, -0.25) is 9.69 Å². The summed E-state index contributed by atoms with van der Waals surface area (Å²) in [5, 5.41) is 10.8. The lowest BCUT2D eigenvalue weighted by Crippen LogP contribution is -3.12. The maximum atomic E-state index is 13.0. The molecule has 0 saturated carbocycles. The van der Waals surface area contributed by atoms with E-state index in [1.165, 1.54) is 10.5 Å². The summed E-state index contributed by atoms with van der Waals surface area (Å²) in [5.41, 5.74) is 2.80. The fourth-order valence-corrected chi connectivity index (χ4v) is 5.22. The number of rotatable bonds is 5. The van der Waals surface area contributed by atoms with E-state index < -0.39 is 0 Å². The lowest BCUT2D eigenvalue weighted by molar-refractivity contribution is -0.910. The molecule has 2 atom stereocenters. The summed E-state index contributed by atoms with van der Waals surface area (Å²) in [4.78, 5) is 16.1. The third kappa shape index (κ3) is 3.89. The van der Waals surface area contributed by atoms with Crippen molar-refractivity contribution in [1.82, 2.24) is 4.90 Å². The summed E-state index contributed by atoms with van der Waals surface area (Å²) in [6.45, 7) is 1.44. The Morgan fingerprint density at radius 3 is 2.63 bits per heavy atom. The fraction of sp³-hybridized carbons (Fsp3) is 0.304. The number of carbonyl (C=O) groups is 1. The van der Waals surface area contributed by atoms with Crippen LogP contribution in [-0.4, -0.2) is 37.6 Å². The van der Waals surface area contributed by atoms with Crippen LogP contribution in [0.2, 0.25) is 0 Å². The normalized spacial score (nSPS) is 21.1. The molecule has 0 bridgehead atoms. The molecule has 1 saturated heterocycles. The molecule has 0 radical (unpaired) electrons. The van der Waals surface area contributed by atoms with Crippen LogP contribution in [0.4, 0.5) is 0 Å². The van der Waals surface area contributed by atoms with Gasteiger partial charge in [0.25, 0.3) is 0 Å². The Morgan fingerprint density at radius 1 is 1.17 bits per heavy atom. The average Bonchev–Trinajstić information content (AvgIpc) is 2.79. The van der Waals surface area contributed by atoms with Crippen LogP contribution in [0.25, 0.3) is 0 Å². The molecule has 0 aromatic heterocycles. The van der Waals surface area contributed by atoms with E-state index in [2.05, 4.69) is 18.2 Å². The highest BCUT2D eigenvalue weighted by Gasteiger charge is 2.40. The molecule has 0 spiro atoms. The molecule has 2 aromatic carbocycles. The molecular weight excluding hydrogens is 398 g/mol. The molecule has 7 heteroatoms. The van der Waals surface area contributed by atoms with E-state index >= 15 is 0 Å². The van der Waals surface area contributed by atoms with E-state index in [0.717, 1.165) is 23.0 Å². The molecule has 1 fully saturated rings. The van der Waals surface area contributed by atoms with Gasteiger partial charge in [-0.25, -0.2) is 0 Å². The second-order valence-electron chi connectivity index (χ2n) is 7.38. The Kier molecular flexibility index (Phi) is 5.98. The molecule has 30 heavy (non-hydrogen) atoms. The lowest BCUT2D eigenvalue weighted by atomic mass is 9.86. The first-order valence-corrected chi connectivity index (χ1v) is 10.8. The van der Waals surface area contributed by atoms with Crippen molar-refractivity contribution < 1.29 is 19.2 Å². The van der Waals surface area contributed by atoms with Crippen molar-refractivity contribution in [2.24, 2.45) is 0 Å². The van der Waals surface area contributed by atoms with Crippen LogP contribution in [0.15, 0.2) is 59.1 Å². The topological polar surface area (TPSA) is 67.0 Å². The van der Waals surface area contributed by atoms with Crippen molar-refractivity contribution in [3.05, 3.63) is 70.3 Å². The number of amides is 1. The number of fused-ring (bicyclic) bond motifs is 1. The first kappa shape index (κ1) is 20.3. The summed E-state index contributed by atoms with van der Waals surface area (Å²) in [5.74, 6) is 1.83. The Morgan fingerprint density at radius 2 is 1.93 bits per heavy atom. The number of ether oxygens (including phenoxy) is 2. The molecule has 1 N–H and O–H groups in total. The quantitative estimate of drug-likeness (QED) is 0.802. The monoisotopic (exact) mass is 422 g/mol. The summed E-state index contributed by atoms with van der Waals surface area (Å²) in [7, 11) is 3.17. The van der Waals surface area contributed by atoms with Crippen LogP contribution >= 0.6 is 11.8 Å². The van der Waals surface area contributed by atoms with Gasteiger partial charge in [-0.1, -0.05) is 36.4 Å². The maximum Gasteiger partial charge on any atom is 0.232 e. The number of allylic oxidation sites excluding steroid dienone is 1. The minimum absolute atomic E-state index is 0.0570. The van der Waals surface area contributed by atoms with E-state index in [-0.39, 0.29) is 18.2 Å². The van der Waals surface area contributed by atoms with Crippen LogP contribution in [0.1, 0.15) is 23.5 Å². The number of thioether (sulfide) groups is 1. The fourth-order valence-electron chi connectivity index (χ4n) is 4.02.